The zero-order valence-corrected chi connectivity index (χ0v) is 16.9. The molecular weight excluding hydrogens is 376 g/mol. The van der Waals surface area contributed by atoms with E-state index in [1.807, 2.05) is 68.8 Å². The lowest BCUT2D eigenvalue weighted by Crippen LogP contribution is -2.36. The Labute approximate surface area is 174 Å². The van der Waals surface area contributed by atoms with E-state index in [4.69, 9.17) is 9.72 Å². The van der Waals surface area contributed by atoms with Crippen molar-refractivity contribution in [3.05, 3.63) is 78.1 Å². The standard InChI is InChI=1S/C24H22N4O2/c1-27(15-18-11-16-7-3-6-10-23(16)30-18)24(29)20-12-22(17-13-25-28(2)14-17)26-21-9-5-4-8-19(20)21/h3-10,12-14,18H,11,15H2,1-2H3/t18-/m0/s1. The lowest BCUT2D eigenvalue weighted by Gasteiger charge is -2.22. The molecule has 30 heavy (non-hydrogen) atoms. The van der Waals surface area contributed by atoms with E-state index in [-0.39, 0.29) is 12.0 Å². The van der Waals surface area contributed by atoms with Crippen LogP contribution in [-0.2, 0) is 13.5 Å². The number of rotatable bonds is 4. The number of amides is 1. The number of fused-ring (bicyclic) bond motifs is 2. The SMILES string of the molecule is CN(C[C@@H]1Cc2ccccc2O1)C(=O)c1cc(-c2cnn(C)c2)nc2ccccc12. The average molecular weight is 398 g/mol. The van der Waals surface area contributed by atoms with E-state index in [2.05, 4.69) is 11.2 Å². The van der Waals surface area contributed by atoms with Crippen molar-refractivity contribution in [1.29, 1.82) is 0 Å². The molecule has 150 valence electrons. The van der Waals surface area contributed by atoms with E-state index in [0.29, 0.717) is 12.1 Å². The molecule has 1 atom stereocenters. The molecule has 0 aliphatic carbocycles. The fraction of sp³-hybridized carbons (Fsp3) is 0.208. The minimum absolute atomic E-state index is 0.0396. The molecule has 3 heterocycles. The summed E-state index contributed by atoms with van der Waals surface area (Å²) < 4.78 is 7.76. The van der Waals surface area contributed by atoms with E-state index >= 15 is 0 Å². The van der Waals surface area contributed by atoms with E-state index < -0.39 is 0 Å². The van der Waals surface area contributed by atoms with Crippen molar-refractivity contribution in [2.24, 2.45) is 7.05 Å². The highest BCUT2D eigenvalue weighted by molar-refractivity contribution is 6.07. The molecule has 6 nitrogen and oxygen atoms in total. The first kappa shape index (κ1) is 18.4. The molecule has 0 N–H and O–H groups in total. The maximum atomic E-state index is 13.4. The van der Waals surface area contributed by atoms with Gasteiger partial charge in [-0.05, 0) is 23.8 Å². The summed E-state index contributed by atoms with van der Waals surface area (Å²) in [5.41, 5.74) is 4.24. The van der Waals surface area contributed by atoms with Gasteiger partial charge >= 0.3 is 0 Å². The van der Waals surface area contributed by atoms with Gasteiger partial charge in [0.1, 0.15) is 11.9 Å². The number of aromatic nitrogens is 3. The van der Waals surface area contributed by atoms with Crippen LogP contribution in [0.3, 0.4) is 0 Å². The fourth-order valence-corrected chi connectivity index (χ4v) is 4.00. The van der Waals surface area contributed by atoms with Crippen molar-refractivity contribution < 1.29 is 9.53 Å². The lowest BCUT2D eigenvalue weighted by atomic mass is 10.0. The normalized spacial score (nSPS) is 15.1. The molecule has 0 bridgehead atoms. The molecule has 2 aromatic heterocycles. The molecular formula is C24H22N4O2. The number of benzene rings is 2. The number of carbonyl (C=O) groups excluding carboxylic acids is 1. The highest BCUT2D eigenvalue weighted by Gasteiger charge is 2.26. The van der Waals surface area contributed by atoms with Gasteiger partial charge in [0.2, 0.25) is 0 Å². The Morgan fingerprint density at radius 1 is 1.20 bits per heavy atom. The van der Waals surface area contributed by atoms with Gasteiger partial charge < -0.3 is 9.64 Å². The molecule has 0 saturated heterocycles. The fourth-order valence-electron chi connectivity index (χ4n) is 4.00. The minimum Gasteiger partial charge on any atom is -0.488 e. The molecule has 5 rings (SSSR count). The first-order valence-electron chi connectivity index (χ1n) is 9.97. The summed E-state index contributed by atoms with van der Waals surface area (Å²) in [6, 6.07) is 17.7. The van der Waals surface area contributed by atoms with Gasteiger partial charge in [-0.3, -0.25) is 9.48 Å². The van der Waals surface area contributed by atoms with E-state index in [1.54, 1.807) is 15.8 Å². The van der Waals surface area contributed by atoms with Gasteiger partial charge in [0.25, 0.3) is 5.91 Å². The Morgan fingerprint density at radius 2 is 2.00 bits per heavy atom. The maximum Gasteiger partial charge on any atom is 0.254 e. The number of carbonyl (C=O) groups is 1. The molecule has 0 fully saturated rings. The van der Waals surface area contributed by atoms with Crippen molar-refractivity contribution in [3.63, 3.8) is 0 Å². The number of pyridine rings is 1. The van der Waals surface area contributed by atoms with Crippen LogP contribution >= 0.6 is 0 Å². The van der Waals surface area contributed by atoms with Gasteiger partial charge in [-0.2, -0.15) is 5.10 Å². The van der Waals surface area contributed by atoms with Gasteiger partial charge in [0.15, 0.2) is 0 Å². The van der Waals surface area contributed by atoms with Crippen LogP contribution in [0.4, 0.5) is 0 Å². The van der Waals surface area contributed by atoms with Gasteiger partial charge in [0.05, 0.1) is 29.5 Å². The van der Waals surface area contributed by atoms with Crippen molar-refractivity contribution in [3.8, 4) is 17.0 Å². The van der Waals surface area contributed by atoms with Crippen LogP contribution in [0, 0.1) is 0 Å². The first-order chi connectivity index (χ1) is 14.6. The maximum absolute atomic E-state index is 13.4. The Bertz CT molecular complexity index is 1220. The predicted molar refractivity (Wildman–Crippen MR) is 115 cm³/mol. The van der Waals surface area contributed by atoms with E-state index in [1.165, 1.54) is 5.56 Å². The van der Waals surface area contributed by atoms with Gasteiger partial charge in [0, 0.05) is 37.7 Å². The molecule has 1 aliphatic rings. The third-order valence-electron chi connectivity index (χ3n) is 5.49. The summed E-state index contributed by atoms with van der Waals surface area (Å²) in [6.07, 6.45) is 4.44. The number of likely N-dealkylation sites (N-methyl/N-ethyl adjacent to an activating group) is 1. The van der Waals surface area contributed by atoms with Crippen molar-refractivity contribution in [2.45, 2.75) is 12.5 Å². The largest absolute Gasteiger partial charge is 0.488 e. The van der Waals surface area contributed by atoms with Crippen molar-refractivity contribution >= 4 is 16.8 Å². The highest BCUT2D eigenvalue weighted by atomic mass is 16.5. The third-order valence-corrected chi connectivity index (χ3v) is 5.49. The summed E-state index contributed by atoms with van der Waals surface area (Å²) in [7, 11) is 3.69. The van der Waals surface area contributed by atoms with Gasteiger partial charge in [-0.1, -0.05) is 36.4 Å². The zero-order valence-electron chi connectivity index (χ0n) is 16.9. The summed E-state index contributed by atoms with van der Waals surface area (Å²) in [5, 5.41) is 5.08. The van der Waals surface area contributed by atoms with Crippen LogP contribution in [-0.4, -0.2) is 45.3 Å². The first-order valence-corrected chi connectivity index (χ1v) is 9.97. The van der Waals surface area contributed by atoms with Crippen LogP contribution in [0.25, 0.3) is 22.2 Å². The molecule has 0 saturated carbocycles. The molecule has 1 aliphatic heterocycles. The number of aryl methyl sites for hydroxylation is 1. The smallest absolute Gasteiger partial charge is 0.254 e. The van der Waals surface area contributed by atoms with Crippen LogP contribution in [0.5, 0.6) is 5.75 Å². The molecule has 6 heteroatoms. The third kappa shape index (κ3) is 3.30. The van der Waals surface area contributed by atoms with Crippen molar-refractivity contribution in [1.82, 2.24) is 19.7 Å². The molecule has 4 aromatic rings. The van der Waals surface area contributed by atoms with Crippen LogP contribution in [0.15, 0.2) is 67.0 Å². The van der Waals surface area contributed by atoms with Crippen LogP contribution in [0.1, 0.15) is 15.9 Å². The molecule has 0 unspecified atom stereocenters. The number of para-hydroxylation sites is 2. The Morgan fingerprint density at radius 3 is 2.80 bits per heavy atom. The second-order valence-electron chi connectivity index (χ2n) is 7.71. The van der Waals surface area contributed by atoms with Gasteiger partial charge in [-0.25, -0.2) is 4.98 Å². The summed E-state index contributed by atoms with van der Waals surface area (Å²) >= 11 is 0. The number of nitrogens with zero attached hydrogens (tertiary/aromatic N) is 4. The zero-order chi connectivity index (χ0) is 20.7. The summed E-state index contributed by atoms with van der Waals surface area (Å²) in [6.45, 7) is 0.520. The quantitative estimate of drug-likeness (QED) is 0.526. The highest BCUT2D eigenvalue weighted by Crippen LogP contribution is 2.29. The van der Waals surface area contributed by atoms with Crippen LogP contribution < -0.4 is 4.74 Å². The number of hydrogen-bond donors (Lipinski definition) is 0. The monoisotopic (exact) mass is 398 g/mol. The summed E-state index contributed by atoms with van der Waals surface area (Å²) in [4.78, 5) is 19.9. The molecule has 0 spiro atoms. The second kappa shape index (κ2) is 7.30. The Kier molecular flexibility index (Phi) is 4.47. The predicted octanol–water partition coefficient (Wildman–Crippen LogP) is 3.71. The minimum atomic E-state index is -0.0432. The number of ether oxygens (including phenoxy) is 1. The molecule has 1 amide bonds. The van der Waals surface area contributed by atoms with E-state index in [0.717, 1.165) is 34.3 Å². The molecule has 2 aromatic carbocycles. The summed E-state index contributed by atoms with van der Waals surface area (Å²) in [5.74, 6) is 0.870. The average Bonchev–Trinajstić information content (AvgIpc) is 3.37. The molecule has 0 radical (unpaired) electrons. The van der Waals surface area contributed by atoms with Crippen molar-refractivity contribution in [2.75, 3.05) is 13.6 Å². The second-order valence-corrected chi connectivity index (χ2v) is 7.71. The Balaban J connectivity index is 1.45. The Hall–Kier alpha value is -3.67. The lowest BCUT2D eigenvalue weighted by molar-refractivity contribution is 0.0732. The van der Waals surface area contributed by atoms with Crippen LogP contribution in [0.2, 0.25) is 0 Å². The number of hydrogen-bond acceptors (Lipinski definition) is 4. The van der Waals surface area contributed by atoms with E-state index in [9.17, 15) is 4.79 Å². The van der Waals surface area contributed by atoms with Gasteiger partial charge in [-0.15, -0.1) is 0 Å². The topological polar surface area (TPSA) is 60.2 Å².